The first kappa shape index (κ1) is 26.5. The Morgan fingerprint density at radius 2 is 1.74 bits per heavy atom. The molecular weight excluding hydrogens is 450 g/mol. The zero-order valence-electron chi connectivity index (χ0n) is 20.8. The van der Waals surface area contributed by atoms with E-state index in [-0.39, 0.29) is 42.8 Å². The van der Waals surface area contributed by atoms with Gasteiger partial charge < -0.3 is 26.0 Å². The highest BCUT2D eigenvalue weighted by Crippen LogP contribution is 2.22. The summed E-state index contributed by atoms with van der Waals surface area (Å²) in [4.78, 5) is 51.4. The molecule has 0 spiro atoms. The van der Waals surface area contributed by atoms with Gasteiger partial charge in [0.1, 0.15) is 5.60 Å². The van der Waals surface area contributed by atoms with Crippen molar-refractivity contribution in [2.24, 2.45) is 5.92 Å². The lowest BCUT2D eigenvalue weighted by molar-refractivity contribution is -0.127. The van der Waals surface area contributed by atoms with Gasteiger partial charge in [0.25, 0.3) is 5.91 Å². The zero-order valence-corrected chi connectivity index (χ0v) is 20.8. The molecule has 3 rings (SSSR count). The number of carbonyl (C=O) groups is 4. The Labute approximate surface area is 206 Å². The van der Waals surface area contributed by atoms with E-state index in [2.05, 4.69) is 21.3 Å². The third kappa shape index (κ3) is 9.20. The van der Waals surface area contributed by atoms with E-state index in [1.165, 1.54) is 0 Å². The second kappa shape index (κ2) is 12.0. The lowest BCUT2D eigenvalue weighted by atomic mass is 9.97. The summed E-state index contributed by atoms with van der Waals surface area (Å²) < 4.78 is 5.17. The Morgan fingerprint density at radius 3 is 2.46 bits per heavy atom. The van der Waals surface area contributed by atoms with Gasteiger partial charge in [-0.2, -0.15) is 0 Å². The van der Waals surface area contributed by atoms with E-state index in [0.717, 1.165) is 32.2 Å². The molecule has 1 aromatic rings. The SMILES string of the molecule is CC(C)(C)OC(=O)NCCNC(=O)C1CCCN(CC(=O)Nc2ccccc2C(=O)NC2CC2)C1. The smallest absolute Gasteiger partial charge is 0.407 e. The van der Waals surface area contributed by atoms with E-state index in [1.807, 2.05) is 4.90 Å². The highest BCUT2D eigenvalue weighted by Gasteiger charge is 2.28. The van der Waals surface area contributed by atoms with Crippen molar-refractivity contribution in [1.82, 2.24) is 20.9 Å². The number of hydrogen-bond donors (Lipinski definition) is 4. The highest BCUT2D eigenvalue weighted by molar-refractivity contribution is 6.04. The van der Waals surface area contributed by atoms with Gasteiger partial charge in [-0.1, -0.05) is 12.1 Å². The maximum absolute atomic E-state index is 12.7. The molecule has 1 unspecified atom stereocenters. The molecule has 2 aliphatic rings. The number of benzene rings is 1. The first-order valence-corrected chi connectivity index (χ1v) is 12.3. The molecule has 0 bridgehead atoms. The molecule has 192 valence electrons. The Hall–Kier alpha value is -3.14. The van der Waals surface area contributed by atoms with Crippen LogP contribution in [0.5, 0.6) is 0 Å². The van der Waals surface area contributed by atoms with Crippen molar-refractivity contribution in [2.75, 3.05) is 38.0 Å². The van der Waals surface area contributed by atoms with Crippen LogP contribution < -0.4 is 21.3 Å². The van der Waals surface area contributed by atoms with Crippen molar-refractivity contribution in [3.63, 3.8) is 0 Å². The minimum Gasteiger partial charge on any atom is -0.444 e. The summed E-state index contributed by atoms with van der Waals surface area (Å²) in [5, 5.41) is 11.3. The Balaban J connectivity index is 1.41. The third-order valence-corrected chi connectivity index (χ3v) is 5.69. The molecule has 1 aliphatic heterocycles. The molecule has 1 atom stereocenters. The summed E-state index contributed by atoms with van der Waals surface area (Å²) in [5.41, 5.74) is 0.360. The Kier molecular flexibility index (Phi) is 9.08. The van der Waals surface area contributed by atoms with Crippen LogP contribution in [0.15, 0.2) is 24.3 Å². The first-order chi connectivity index (χ1) is 16.6. The molecule has 1 aliphatic carbocycles. The van der Waals surface area contributed by atoms with Crippen LogP contribution in [-0.2, 0) is 14.3 Å². The van der Waals surface area contributed by atoms with Crippen LogP contribution in [0.2, 0.25) is 0 Å². The van der Waals surface area contributed by atoms with Crippen LogP contribution in [0.3, 0.4) is 0 Å². The maximum Gasteiger partial charge on any atom is 0.407 e. The van der Waals surface area contributed by atoms with Crippen molar-refractivity contribution in [3.05, 3.63) is 29.8 Å². The monoisotopic (exact) mass is 487 g/mol. The van der Waals surface area contributed by atoms with Gasteiger partial charge in [0.15, 0.2) is 0 Å². The average molecular weight is 488 g/mol. The fourth-order valence-corrected chi connectivity index (χ4v) is 3.90. The summed E-state index contributed by atoms with van der Waals surface area (Å²) in [5.74, 6) is -0.726. The van der Waals surface area contributed by atoms with Gasteiger partial charge in [-0.05, 0) is 65.1 Å². The number of nitrogens with one attached hydrogen (secondary N) is 4. The molecule has 0 radical (unpaired) electrons. The molecule has 0 aromatic heterocycles. The number of hydrogen-bond acceptors (Lipinski definition) is 6. The van der Waals surface area contributed by atoms with Crippen molar-refractivity contribution in [3.8, 4) is 0 Å². The van der Waals surface area contributed by atoms with Crippen LogP contribution in [0.25, 0.3) is 0 Å². The van der Waals surface area contributed by atoms with E-state index in [9.17, 15) is 19.2 Å². The molecule has 1 aromatic carbocycles. The van der Waals surface area contributed by atoms with Crippen LogP contribution in [-0.4, -0.2) is 73.1 Å². The normalized spacial score (nSPS) is 18.3. The lowest BCUT2D eigenvalue weighted by Crippen LogP contribution is -2.46. The van der Waals surface area contributed by atoms with E-state index in [0.29, 0.717) is 24.3 Å². The molecule has 2 fully saturated rings. The second-order valence-corrected chi connectivity index (χ2v) is 10.1. The zero-order chi connectivity index (χ0) is 25.4. The molecule has 1 saturated heterocycles. The number of amides is 4. The average Bonchev–Trinajstić information content (AvgIpc) is 3.60. The molecule has 10 heteroatoms. The van der Waals surface area contributed by atoms with Crippen LogP contribution in [0.4, 0.5) is 10.5 Å². The van der Waals surface area contributed by atoms with Gasteiger partial charge in [-0.3, -0.25) is 19.3 Å². The van der Waals surface area contributed by atoms with Gasteiger partial charge in [-0.15, -0.1) is 0 Å². The largest absolute Gasteiger partial charge is 0.444 e. The van der Waals surface area contributed by atoms with Crippen molar-refractivity contribution in [1.29, 1.82) is 0 Å². The van der Waals surface area contributed by atoms with Gasteiger partial charge in [0, 0.05) is 25.7 Å². The highest BCUT2D eigenvalue weighted by atomic mass is 16.6. The van der Waals surface area contributed by atoms with Gasteiger partial charge >= 0.3 is 6.09 Å². The fraction of sp³-hybridized carbons (Fsp3) is 0.600. The van der Waals surface area contributed by atoms with E-state index >= 15 is 0 Å². The number of likely N-dealkylation sites (tertiary alicyclic amines) is 1. The predicted molar refractivity (Wildman–Crippen MR) is 132 cm³/mol. The number of rotatable bonds is 9. The summed E-state index contributed by atoms with van der Waals surface area (Å²) in [6.45, 7) is 7.27. The molecule has 4 amide bonds. The number of anilines is 1. The summed E-state index contributed by atoms with van der Waals surface area (Å²) in [6, 6.07) is 7.20. The van der Waals surface area contributed by atoms with Gasteiger partial charge in [0.2, 0.25) is 11.8 Å². The quantitative estimate of drug-likeness (QED) is 0.394. The fourth-order valence-electron chi connectivity index (χ4n) is 3.90. The van der Waals surface area contributed by atoms with Crippen LogP contribution >= 0.6 is 0 Å². The number of alkyl carbamates (subject to hydrolysis) is 1. The number of ether oxygens (including phenoxy) is 1. The molecule has 35 heavy (non-hydrogen) atoms. The maximum atomic E-state index is 12.7. The summed E-state index contributed by atoms with van der Waals surface area (Å²) >= 11 is 0. The molecule has 4 N–H and O–H groups in total. The van der Waals surface area contributed by atoms with E-state index in [4.69, 9.17) is 4.74 Å². The number of carbonyl (C=O) groups excluding carboxylic acids is 4. The number of nitrogens with zero attached hydrogens (tertiary/aromatic N) is 1. The van der Waals surface area contributed by atoms with Gasteiger partial charge in [0.05, 0.1) is 23.7 Å². The van der Waals surface area contributed by atoms with E-state index in [1.54, 1.807) is 45.0 Å². The molecular formula is C25H37N5O5. The molecule has 1 saturated carbocycles. The summed E-state index contributed by atoms with van der Waals surface area (Å²) in [6.07, 6.45) is 3.01. The molecule has 10 nitrogen and oxygen atoms in total. The van der Waals surface area contributed by atoms with Crippen molar-refractivity contribution in [2.45, 2.75) is 58.1 Å². The predicted octanol–water partition coefficient (Wildman–Crippen LogP) is 1.87. The Bertz CT molecular complexity index is 925. The van der Waals surface area contributed by atoms with Crippen LogP contribution in [0, 0.1) is 5.92 Å². The first-order valence-electron chi connectivity index (χ1n) is 12.3. The number of para-hydroxylation sites is 1. The topological polar surface area (TPSA) is 129 Å². The second-order valence-electron chi connectivity index (χ2n) is 10.1. The minimum atomic E-state index is -0.573. The number of piperidine rings is 1. The van der Waals surface area contributed by atoms with E-state index < -0.39 is 11.7 Å². The van der Waals surface area contributed by atoms with Crippen molar-refractivity contribution >= 4 is 29.5 Å². The van der Waals surface area contributed by atoms with Gasteiger partial charge in [-0.25, -0.2) is 4.79 Å². The summed E-state index contributed by atoms with van der Waals surface area (Å²) in [7, 11) is 0. The minimum absolute atomic E-state index is 0.0943. The molecule has 1 heterocycles. The third-order valence-electron chi connectivity index (χ3n) is 5.69. The Morgan fingerprint density at radius 1 is 1.03 bits per heavy atom. The van der Waals surface area contributed by atoms with Crippen LogP contribution in [0.1, 0.15) is 56.8 Å². The standard InChI is InChI=1S/C25H37N5O5/c1-25(2,3)35-24(34)27-13-12-26-22(32)17-7-6-14-30(15-17)16-21(31)29-20-9-5-4-8-19(20)23(33)28-18-10-11-18/h4-5,8-9,17-18H,6-7,10-16H2,1-3H3,(H,26,32)(H,27,34)(H,28,33)(H,29,31). The lowest BCUT2D eigenvalue weighted by Gasteiger charge is -2.31. The van der Waals surface area contributed by atoms with Crippen molar-refractivity contribution < 1.29 is 23.9 Å².